The molecule has 3 heteroatoms. The lowest BCUT2D eigenvalue weighted by Gasteiger charge is -2.07. The Morgan fingerprint density at radius 3 is 1.86 bits per heavy atom. The number of rotatable bonds is 11. The Morgan fingerprint density at radius 2 is 1.29 bits per heavy atom. The Bertz CT molecular complexity index is 404. The maximum atomic E-state index is 9.74. The molecule has 0 aliphatic heterocycles. The highest BCUT2D eigenvalue weighted by Gasteiger charge is 2.06. The summed E-state index contributed by atoms with van der Waals surface area (Å²) in [5.74, 6) is 0.0915. The summed E-state index contributed by atoms with van der Waals surface area (Å²) in [4.78, 5) is 0. The van der Waals surface area contributed by atoms with Gasteiger partial charge in [-0.1, -0.05) is 76.3 Å². The third kappa shape index (κ3) is 7.61. The molecule has 0 aromatic heterocycles. The first-order valence-corrected chi connectivity index (χ1v) is 8.73. The van der Waals surface area contributed by atoms with E-state index in [1.165, 1.54) is 63.9 Å². The fourth-order valence-corrected chi connectivity index (χ4v) is 2.78. The molecule has 0 radical (unpaired) electrons. The molecule has 0 heterocycles. The number of aryl methyl sites for hydroxylation is 1. The molecule has 0 amide bonds. The summed E-state index contributed by atoms with van der Waals surface area (Å²) >= 11 is 5.86. The molecular weight excluding hydrogens is 284 g/mol. The first-order valence-electron chi connectivity index (χ1n) is 8.35. The van der Waals surface area contributed by atoms with Gasteiger partial charge in [-0.2, -0.15) is 0 Å². The zero-order valence-corrected chi connectivity index (χ0v) is 14.0. The van der Waals surface area contributed by atoms with Gasteiger partial charge in [-0.3, -0.25) is 0 Å². The second-order valence-corrected chi connectivity index (χ2v) is 6.27. The summed E-state index contributed by atoms with van der Waals surface area (Å²) < 4.78 is 0. The zero-order valence-electron chi connectivity index (χ0n) is 13.2. The van der Waals surface area contributed by atoms with Crippen LogP contribution in [-0.2, 0) is 6.42 Å². The lowest BCUT2D eigenvalue weighted by atomic mass is 10.0. The van der Waals surface area contributed by atoms with Crippen LogP contribution in [0.4, 0.5) is 0 Å². The van der Waals surface area contributed by atoms with E-state index in [1.54, 1.807) is 6.07 Å². The first kappa shape index (κ1) is 18.2. The number of benzene rings is 1. The van der Waals surface area contributed by atoms with E-state index in [2.05, 4.69) is 6.92 Å². The van der Waals surface area contributed by atoms with Crippen LogP contribution in [-0.4, -0.2) is 10.2 Å². The topological polar surface area (TPSA) is 40.5 Å². The minimum absolute atomic E-state index is 0.0546. The van der Waals surface area contributed by atoms with Gasteiger partial charge in [0, 0.05) is 6.07 Å². The van der Waals surface area contributed by atoms with Crippen molar-refractivity contribution in [2.24, 2.45) is 0 Å². The van der Waals surface area contributed by atoms with Gasteiger partial charge in [-0.25, -0.2) is 0 Å². The maximum Gasteiger partial charge on any atom is 0.137 e. The average molecular weight is 313 g/mol. The quantitative estimate of drug-likeness (QED) is 0.476. The molecule has 0 unspecified atom stereocenters. The Kier molecular flexibility index (Phi) is 9.32. The number of aromatic hydroxyl groups is 2. The van der Waals surface area contributed by atoms with Crippen molar-refractivity contribution in [1.82, 2.24) is 0 Å². The van der Waals surface area contributed by atoms with Crippen LogP contribution in [0.5, 0.6) is 11.5 Å². The van der Waals surface area contributed by atoms with Crippen LogP contribution in [0.15, 0.2) is 12.1 Å². The number of hydrogen-bond acceptors (Lipinski definition) is 2. The lowest BCUT2D eigenvalue weighted by Crippen LogP contribution is -1.88. The molecule has 2 N–H and O–H groups in total. The smallest absolute Gasteiger partial charge is 0.137 e. The molecule has 1 aromatic rings. The standard InChI is InChI=1S/C18H29ClO2/c1-2-3-4-5-6-7-8-9-10-11-12-15-13-16(19)18(21)14-17(15)20/h13-14,20-21H,2-12H2,1H3. The van der Waals surface area contributed by atoms with Crippen molar-refractivity contribution >= 4 is 11.6 Å². The molecule has 0 saturated heterocycles. The number of phenolic OH excluding ortho intramolecular Hbond substituents is 2. The average Bonchev–Trinajstić information content (AvgIpc) is 2.46. The maximum absolute atomic E-state index is 9.74. The fraction of sp³-hybridized carbons (Fsp3) is 0.667. The van der Waals surface area contributed by atoms with Gasteiger partial charge >= 0.3 is 0 Å². The third-order valence-corrected chi connectivity index (χ3v) is 4.25. The van der Waals surface area contributed by atoms with Crippen molar-refractivity contribution in [2.45, 2.75) is 77.6 Å². The Morgan fingerprint density at radius 1 is 0.762 bits per heavy atom. The van der Waals surface area contributed by atoms with E-state index < -0.39 is 0 Å². The molecule has 120 valence electrons. The SMILES string of the molecule is CCCCCCCCCCCCc1cc(Cl)c(O)cc1O. The summed E-state index contributed by atoms with van der Waals surface area (Å²) in [5, 5.41) is 19.4. The van der Waals surface area contributed by atoms with Crippen LogP contribution in [0.2, 0.25) is 5.02 Å². The summed E-state index contributed by atoms with van der Waals surface area (Å²) in [7, 11) is 0. The van der Waals surface area contributed by atoms with E-state index in [1.807, 2.05) is 0 Å². The largest absolute Gasteiger partial charge is 0.508 e. The van der Waals surface area contributed by atoms with Crippen molar-refractivity contribution in [2.75, 3.05) is 0 Å². The monoisotopic (exact) mass is 312 g/mol. The van der Waals surface area contributed by atoms with Crippen molar-refractivity contribution in [3.05, 3.63) is 22.7 Å². The van der Waals surface area contributed by atoms with Gasteiger partial charge in [-0.15, -0.1) is 0 Å². The minimum Gasteiger partial charge on any atom is -0.508 e. The molecule has 0 aliphatic rings. The number of phenols is 2. The van der Waals surface area contributed by atoms with Crippen LogP contribution in [0.25, 0.3) is 0 Å². The van der Waals surface area contributed by atoms with Gasteiger partial charge in [0.05, 0.1) is 5.02 Å². The van der Waals surface area contributed by atoms with Gasteiger partial charge in [-0.05, 0) is 24.5 Å². The van der Waals surface area contributed by atoms with Gasteiger partial charge in [0.2, 0.25) is 0 Å². The van der Waals surface area contributed by atoms with Gasteiger partial charge < -0.3 is 10.2 Å². The van der Waals surface area contributed by atoms with Crippen molar-refractivity contribution in [3.8, 4) is 11.5 Å². The van der Waals surface area contributed by atoms with Crippen molar-refractivity contribution in [1.29, 1.82) is 0 Å². The zero-order chi connectivity index (χ0) is 15.5. The van der Waals surface area contributed by atoms with Crippen molar-refractivity contribution in [3.63, 3.8) is 0 Å². The van der Waals surface area contributed by atoms with E-state index in [9.17, 15) is 10.2 Å². The Labute approximate surface area is 134 Å². The molecule has 21 heavy (non-hydrogen) atoms. The second kappa shape index (κ2) is 10.8. The van der Waals surface area contributed by atoms with Gasteiger partial charge in [0.15, 0.2) is 0 Å². The van der Waals surface area contributed by atoms with E-state index in [0.29, 0.717) is 5.02 Å². The van der Waals surface area contributed by atoms with Crippen LogP contribution in [0.3, 0.4) is 0 Å². The summed E-state index contributed by atoms with van der Waals surface area (Å²) in [6.07, 6.45) is 13.8. The van der Waals surface area contributed by atoms with Crippen molar-refractivity contribution < 1.29 is 10.2 Å². The molecule has 0 saturated carbocycles. The molecule has 0 bridgehead atoms. The molecule has 0 spiro atoms. The summed E-state index contributed by atoms with van der Waals surface area (Å²) in [5.41, 5.74) is 0.831. The van der Waals surface area contributed by atoms with Crippen LogP contribution < -0.4 is 0 Å². The normalized spacial score (nSPS) is 11.0. The van der Waals surface area contributed by atoms with E-state index in [0.717, 1.165) is 18.4 Å². The summed E-state index contributed by atoms with van der Waals surface area (Å²) in [6.45, 7) is 2.25. The third-order valence-electron chi connectivity index (χ3n) is 3.95. The first-order chi connectivity index (χ1) is 10.1. The number of halogens is 1. The molecule has 0 atom stereocenters. The van der Waals surface area contributed by atoms with Gasteiger partial charge in [0.25, 0.3) is 0 Å². The Balaban J connectivity index is 2.05. The molecule has 0 aliphatic carbocycles. The molecular formula is C18H29ClO2. The van der Waals surface area contributed by atoms with Crippen LogP contribution in [0, 0.1) is 0 Å². The fourth-order valence-electron chi connectivity index (χ4n) is 2.60. The molecule has 0 fully saturated rings. The van der Waals surface area contributed by atoms with Gasteiger partial charge in [0.1, 0.15) is 11.5 Å². The lowest BCUT2D eigenvalue weighted by molar-refractivity contribution is 0.445. The minimum atomic E-state index is -0.0546. The molecule has 1 rings (SSSR count). The number of unbranched alkanes of at least 4 members (excludes halogenated alkanes) is 9. The molecule has 1 aromatic carbocycles. The molecule has 2 nitrogen and oxygen atoms in total. The highest BCUT2D eigenvalue weighted by Crippen LogP contribution is 2.31. The van der Waals surface area contributed by atoms with E-state index in [-0.39, 0.29) is 11.5 Å². The predicted molar refractivity (Wildman–Crippen MR) is 90.3 cm³/mol. The van der Waals surface area contributed by atoms with Crippen LogP contribution >= 0.6 is 11.6 Å². The highest BCUT2D eigenvalue weighted by molar-refractivity contribution is 6.32. The Hall–Kier alpha value is -0.890. The highest BCUT2D eigenvalue weighted by atomic mass is 35.5. The summed E-state index contributed by atoms with van der Waals surface area (Å²) in [6, 6.07) is 2.99. The predicted octanol–water partition coefficient (Wildman–Crippen LogP) is 6.21. The number of hydrogen-bond donors (Lipinski definition) is 2. The van der Waals surface area contributed by atoms with E-state index >= 15 is 0 Å². The van der Waals surface area contributed by atoms with E-state index in [4.69, 9.17) is 11.6 Å². The second-order valence-electron chi connectivity index (χ2n) is 5.86. The van der Waals surface area contributed by atoms with Crippen LogP contribution in [0.1, 0.15) is 76.7 Å².